The molecule has 1 rings (SSSR count). The van der Waals surface area contributed by atoms with Gasteiger partial charge in [0.05, 0.1) is 24.4 Å². The maximum Gasteiger partial charge on any atom is 0.216 e. The van der Waals surface area contributed by atoms with Crippen molar-refractivity contribution in [1.82, 2.24) is 9.78 Å². The monoisotopic (exact) mass is 197 g/mol. The van der Waals surface area contributed by atoms with Crippen LogP contribution >= 0.6 is 0 Å². The topological polar surface area (TPSA) is 53.1 Å². The zero-order valence-corrected chi connectivity index (χ0v) is 9.37. The van der Waals surface area contributed by atoms with Crippen LogP contribution in [0, 0.1) is 0 Å². The maximum absolute atomic E-state index is 5.68. The van der Waals surface area contributed by atoms with Gasteiger partial charge in [0.2, 0.25) is 5.88 Å². The molecule has 0 atom stereocenters. The third kappa shape index (κ3) is 1.75. The Hall–Kier alpha value is -1.03. The van der Waals surface area contributed by atoms with Crippen LogP contribution in [-0.4, -0.2) is 16.9 Å². The fraction of sp³-hybridized carbons (Fsp3) is 0.700. The van der Waals surface area contributed by atoms with E-state index in [9.17, 15) is 0 Å². The van der Waals surface area contributed by atoms with Gasteiger partial charge >= 0.3 is 0 Å². The Labute approximate surface area is 85.0 Å². The molecule has 0 unspecified atom stereocenters. The lowest BCUT2D eigenvalue weighted by atomic mass is 10.2. The van der Waals surface area contributed by atoms with E-state index in [1.165, 1.54) is 0 Å². The van der Waals surface area contributed by atoms with Gasteiger partial charge in [0.15, 0.2) is 0 Å². The Morgan fingerprint density at radius 2 is 2.14 bits per heavy atom. The van der Waals surface area contributed by atoms with E-state index in [2.05, 4.69) is 25.9 Å². The molecule has 14 heavy (non-hydrogen) atoms. The molecule has 0 spiro atoms. The van der Waals surface area contributed by atoms with Crippen molar-refractivity contribution >= 4 is 0 Å². The van der Waals surface area contributed by atoms with Gasteiger partial charge in [-0.05, 0) is 20.3 Å². The maximum atomic E-state index is 5.68. The van der Waals surface area contributed by atoms with E-state index in [4.69, 9.17) is 10.5 Å². The van der Waals surface area contributed by atoms with Crippen LogP contribution in [0.1, 0.15) is 38.1 Å². The molecule has 0 aliphatic rings. The van der Waals surface area contributed by atoms with Gasteiger partial charge in [0.25, 0.3) is 0 Å². The Morgan fingerprint density at radius 1 is 1.50 bits per heavy atom. The van der Waals surface area contributed by atoms with Crippen LogP contribution in [0.4, 0.5) is 0 Å². The van der Waals surface area contributed by atoms with Crippen molar-refractivity contribution < 1.29 is 4.74 Å². The summed E-state index contributed by atoms with van der Waals surface area (Å²) in [5.74, 6) is 0.805. The van der Waals surface area contributed by atoms with Gasteiger partial charge < -0.3 is 10.5 Å². The van der Waals surface area contributed by atoms with Gasteiger partial charge in [0, 0.05) is 6.54 Å². The molecule has 0 radical (unpaired) electrons. The van der Waals surface area contributed by atoms with Gasteiger partial charge in [0.1, 0.15) is 0 Å². The minimum Gasteiger partial charge on any atom is -0.481 e. The predicted octanol–water partition coefficient (Wildman–Crippen LogP) is 1.49. The Morgan fingerprint density at radius 3 is 2.50 bits per heavy atom. The van der Waals surface area contributed by atoms with Gasteiger partial charge in [-0.1, -0.05) is 6.92 Å². The van der Waals surface area contributed by atoms with Gasteiger partial charge in [-0.2, -0.15) is 5.10 Å². The number of ether oxygens (including phenoxy) is 1. The first-order chi connectivity index (χ1) is 6.65. The number of aryl methyl sites for hydroxylation is 1. The molecule has 0 fully saturated rings. The summed E-state index contributed by atoms with van der Waals surface area (Å²) >= 11 is 0. The average molecular weight is 197 g/mol. The molecule has 0 saturated heterocycles. The molecular formula is C10H19N3O. The van der Waals surface area contributed by atoms with E-state index in [1.54, 1.807) is 7.11 Å². The number of methoxy groups -OCH3 is 1. The number of hydrogen-bond acceptors (Lipinski definition) is 3. The highest BCUT2D eigenvalue weighted by Gasteiger charge is 2.17. The van der Waals surface area contributed by atoms with Crippen molar-refractivity contribution in [1.29, 1.82) is 0 Å². The number of nitrogens with two attached hydrogens (primary N) is 1. The molecule has 0 aliphatic carbocycles. The molecule has 0 bridgehead atoms. The van der Waals surface area contributed by atoms with Crippen LogP contribution in [0.15, 0.2) is 0 Å². The summed E-state index contributed by atoms with van der Waals surface area (Å²) in [5, 5.41) is 4.48. The molecule has 4 heteroatoms. The molecule has 0 aliphatic heterocycles. The molecule has 2 N–H and O–H groups in total. The first-order valence-electron chi connectivity index (χ1n) is 4.99. The second-order valence-corrected chi connectivity index (χ2v) is 3.53. The lowest BCUT2D eigenvalue weighted by Crippen LogP contribution is -2.06. The van der Waals surface area contributed by atoms with E-state index in [0.29, 0.717) is 12.6 Å². The highest BCUT2D eigenvalue weighted by Crippen LogP contribution is 2.25. The summed E-state index contributed by atoms with van der Waals surface area (Å²) in [4.78, 5) is 0. The van der Waals surface area contributed by atoms with E-state index in [1.807, 2.05) is 4.68 Å². The lowest BCUT2D eigenvalue weighted by Gasteiger charge is -2.09. The summed E-state index contributed by atoms with van der Waals surface area (Å²) in [6, 6.07) is 0.301. The van der Waals surface area contributed by atoms with Crippen molar-refractivity contribution in [3.63, 3.8) is 0 Å². The molecule has 1 aromatic heterocycles. The first-order valence-corrected chi connectivity index (χ1v) is 4.99. The van der Waals surface area contributed by atoms with E-state index < -0.39 is 0 Å². The number of nitrogens with zero attached hydrogens (tertiary/aromatic N) is 2. The van der Waals surface area contributed by atoms with Crippen LogP contribution in [0.5, 0.6) is 5.88 Å². The SMILES string of the molecule is CCc1nn(C(C)C)c(OC)c1CN. The van der Waals surface area contributed by atoms with E-state index in [0.717, 1.165) is 23.6 Å². The highest BCUT2D eigenvalue weighted by atomic mass is 16.5. The smallest absolute Gasteiger partial charge is 0.216 e. The molecule has 4 nitrogen and oxygen atoms in total. The summed E-state index contributed by atoms with van der Waals surface area (Å²) < 4.78 is 7.22. The zero-order valence-electron chi connectivity index (χ0n) is 9.37. The van der Waals surface area contributed by atoms with Crippen LogP contribution in [0.3, 0.4) is 0 Å². The van der Waals surface area contributed by atoms with Crippen LogP contribution in [-0.2, 0) is 13.0 Å². The Bertz CT molecular complexity index is 305. The molecular weight excluding hydrogens is 178 g/mol. The van der Waals surface area contributed by atoms with Crippen molar-refractivity contribution in [2.24, 2.45) is 5.73 Å². The van der Waals surface area contributed by atoms with Gasteiger partial charge in [-0.3, -0.25) is 0 Å². The fourth-order valence-electron chi connectivity index (χ4n) is 1.55. The largest absolute Gasteiger partial charge is 0.481 e. The van der Waals surface area contributed by atoms with Crippen molar-refractivity contribution in [3.8, 4) is 5.88 Å². The normalized spacial score (nSPS) is 11.0. The van der Waals surface area contributed by atoms with Crippen LogP contribution in [0.25, 0.3) is 0 Å². The zero-order chi connectivity index (χ0) is 10.7. The predicted molar refractivity (Wildman–Crippen MR) is 56.4 cm³/mol. The van der Waals surface area contributed by atoms with Crippen LogP contribution < -0.4 is 10.5 Å². The number of hydrogen-bond donors (Lipinski definition) is 1. The van der Waals surface area contributed by atoms with Crippen molar-refractivity contribution in [2.45, 2.75) is 39.8 Å². The fourth-order valence-corrected chi connectivity index (χ4v) is 1.55. The summed E-state index contributed by atoms with van der Waals surface area (Å²) in [7, 11) is 1.66. The Balaban J connectivity index is 3.24. The molecule has 1 heterocycles. The van der Waals surface area contributed by atoms with Gasteiger partial charge in [-0.25, -0.2) is 4.68 Å². The minimum atomic E-state index is 0.301. The molecule has 0 amide bonds. The third-order valence-corrected chi connectivity index (χ3v) is 2.26. The van der Waals surface area contributed by atoms with E-state index >= 15 is 0 Å². The summed E-state index contributed by atoms with van der Waals surface area (Å²) in [5.41, 5.74) is 7.75. The van der Waals surface area contributed by atoms with Crippen molar-refractivity contribution in [2.75, 3.05) is 7.11 Å². The molecule has 80 valence electrons. The quantitative estimate of drug-likeness (QED) is 0.795. The third-order valence-electron chi connectivity index (χ3n) is 2.26. The molecule has 0 saturated carbocycles. The highest BCUT2D eigenvalue weighted by molar-refractivity contribution is 5.32. The minimum absolute atomic E-state index is 0.301. The van der Waals surface area contributed by atoms with Gasteiger partial charge in [-0.15, -0.1) is 0 Å². The standard InChI is InChI=1S/C10H19N3O/c1-5-9-8(6-11)10(14-4)13(12-9)7(2)3/h7H,5-6,11H2,1-4H3. The average Bonchev–Trinajstić information content (AvgIpc) is 2.54. The first kappa shape index (κ1) is 11.0. The summed E-state index contributed by atoms with van der Waals surface area (Å²) in [6.45, 7) is 6.72. The van der Waals surface area contributed by atoms with Crippen molar-refractivity contribution in [3.05, 3.63) is 11.3 Å². The Kier molecular flexibility index (Phi) is 3.52. The lowest BCUT2D eigenvalue weighted by molar-refractivity contribution is 0.342. The second kappa shape index (κ2) is 4.46. The number of aromatic nitrogens is 2. The van der Waals surface area contributed by atoms with E-state index in [-0.39, 0.29) is 0 Å². The number of rotatable bonds is 4. The molecule has 0 aromatic carbocycles. The molecule has 1 aromatic rings. The second-order valence-electron chi connectivity index (χ2n) is 3.53. The van der Waals surface area contributed by atoms with Crippen LogP contribution in [0.2, 0.25) is 0 Å². The summed E-state index contributed by atoms with van der Waals surface area (Å²) in [6.07, 6.45) is 0.891.